The summed E-state index contributed by atoms with van der Waals surface area (Å²) in [6, 6.07) is 6.37. The molecule has 1 aromatic carbocycles. The molecule has 0 saturated heterocycles. The molecule has 6 nitrogen and oxygen atoms in total. The minimum Gasteiger partial charge on any atom is -0.548 e. The third-order valence-electron chi connectivity index (χ3n) is 3.10. The summed E-state index contributed by atoms with van der Waals surface area (Å²) in [5, 5.41) is 22.6. The molecule has 0 aliphatic rings. The average molecular weight is 275 g/mol. The summed E-state index contributed by atoms with van der Waals surface area (Å²) in [5.41, 5.74) is 1.98. The Morgan fingerprint density at radius 3 is 2.80 bits per heavy atom. The number of rotatable bonds is 6. The van der Waals surface area contributed by atoms with Gasteiger partial charge in [-0.2, -0.15) is 0 Å². The van der Waals surface area contributed by atoms with Gasteiger partial charge in [0.25, 0.3) is 0 Å². The maximum Gasteiger partial charge on any atom is 0.220 e. The van der Waals surface area contributed by atoms with Gasteiger partial charge in [0, 0.05) is 23.5 Å². The van der Waals surface area contributed by atoms with Gasteiger partial charge in [0.15, 0.2) is 0 Å². The quantitative estimate of drug-likeness (QED) is 0.650. The third-order valence-corrected chi connectivity index (χ3v) is 3.10. The Kier molecular flexibility index (Phi) is 4.37. The molecule has 0 spiro atoms. The fraction of sp³-hybridized carbons (Fsp3) is 0.286. The largest absolute Gasteiger partial charge is 0.548 e. The van der Waals surface area contributed by atoms with Crippen LogP contribution in [-0.4, -0.2) is 34.6 Å². The highest BCUT2D eigenvalue weighted by Crippen LogP contribution is 2.18. The van der Waals surface area contributed by atoms with E-state index >= 15 is 0 Å². The van der Waals surface area contributed by atoms with Gasteiger partial charge in [-0.05, 0) is 18.1 Å². The van der Waals surface area contributed by atoms with Crippen LogP contribution in [0.15, 0.2) is 30.5 Å². The van der Waals surface area contributed by atoms with Crippen molar-refractivity contribution in [3.63, 3.8) is 0 Å². The van der Waals surface area contributed by atoms with Crippen LogP contribution in [0, 0.1) is 0 Å². The van der Waals surface area contributed by atoms with Crippen molar-refractivity contribution in [3.8, 4) is 0 Å². The van der Waals surface area contributed by atoms with Gasteiger partial charge in [-0.15, -0.1) is 0 Å². The lowest BCUT2D eigenvalue weighted by Crippen LogP contribution is -2.50. The van der Waals surface area contributed by atoms with Crippen LogP contribution in [-0.2, 0) is 16.0 Å². The number of aliphatic carboxylic acids is 1. The minimum atomic E-state index is -1.49. The van der Waals surface area contributed by atoms with Gasteiger partial charge in [0.2, 0.25) is 5.91 Å². The molecule has 0 fully saturated rings. The topological polar surface area (TPSA) is 105 Å². The second kappa shape index (κ2) is 6.21. The number of aromatic amines is 1. The van der Waals surface area contributed by atoms with Crippen molar-refractivity contribution in [1.29, 1.82) is 0 Å². The molecular weight excluding hydrogens is 260 g/mol. The molecule has 106 valence electrons. The highest BCUT2D eigenvalue weighted by molar-refractivity contribution is 5.85. The summed E-state index contributed by atoms with van der Waals surface area (Å²) >= 11 is 0. The van der Waals surface area contributed by atoms with Gasteiger partial charge in [-0.1, -0.05) is 18.2 Å². The molecule has 0 unspecified atom stereocenters. The molecule has 0 bridgehead atoms. The number of aliphatic hydroxyl groups excluding tert-OH is 1. The van der Waals surface area contributed by atoms with Gasteiger partial charge in [-0.3, -0.25) is 4.79 Å². The van der Waals surface area contributed by atoms with Crippen molar-refractivity contribution >= 4 is 22.8 Å². The van der Waals surface area contributed by atoms with E-state index in [2.05, 4.69) is 10.3 Å². The van der Waals surface area contributed by atoms with Crippen molar-refractivity contribution < 1.29 is 19.8 Å². The third kappa shape index (κ3) is 3.16. The van der Waals surface area contributed by atoms with E-state index in [9.17, 15) is 14.7 Å². The van der Waals surface area contributed by atoms with E-state index in [1.165, 1.54) is 0 Å². The second-order valence-electron chi connectivity index (χ2n) is 4.48. The van der Waals surface area contributed by atoms with Crippen molar-refractivity contribution in [2.75, 3.05) is 6.61 Å². The van der Waals surface area contributed by atoms with Crippen LogP contribution in [0.3, 0.4) is 0 Å². The Labute approximate surface area is 115 Å². The molecule has 2 aromatic rings. The SMILES string of the molecule is O=C(CCc1c[nH]c2ccccc12)N[C@@H](CO)C(=O)[O-]. The molecule has 0 aliphatic heterocycles. The number of carbonyl (C=O) groups excluding carboxylic acids is 2. The van der Waals surface area contributed by atoms with E-state index in [0.717, 1.165) is 16.5 Å². The number of fused-ring (bicyclic) bond motifs is 1. The molecule has 0 saturated carbocycles. The number of carbonyl (C=O) groups is 2. The van der Waals surface area contributed by atoms with E-state index in [1.54, 1.807) is 0 Å². The van der Waals surface area contributed by atoms with E-state index in [-0.39, 0.29) is 6.42 Å². The minimum absolute atomic E-state index is 0.144. The van der Waals surface area contributed by atoms with Crippen molar-refractivity contribution in [1.82, 2.24) is 10.3 Å². The zero-order valence-corrected chi connectivity index (χ0v) is 10.8. The monoisotopic (exact) mass is 275 g/mol. The highest BCUT2D eigenvalue weighted by Gasteiger charge is 2.12. The van der Waals surface area contributed by atoms with Gasteiger partial charge >= 0.3 is 0 Å². The first-order valence-electron chi connectivity index (χ1n) is 6.28. The smallest absolute Gasteiger partial charge is 0.220 e. The zero-order chi connectivity index (χ0) is 14.5. The predicted octanol–water partition coefficient (Wildman–Crippen LogP) is -0.673. The van der Waals surface area contributed by atoms with Gasteiger partial charge in [-0.25, -0.2) is 0 Å². The Hall–Kier alpha value is -2.34. The fourth-order valence-corrected chi connectivity index (χ4v) is 2.03. The number of aryl methyl sites for hydroxylation is 1. The van der Waals surface area contributed by atoms with Gasteiger partial charge < -0.3 is 25.3 Å². The normalized spacial score (nSPS) is 12.2. The number of carboxylic acid groups (broad SMARTS) is 1. The number of para-hydroxylation sites is 1. The van der Waals surface area contributed by atoms with Crippen molar-refractivity contribution in [3.05, 3.63) is 36.0 Å². The number of aromatic nitrogens is 1. The molecule has 6 heteroatoms. The average Bonchev–Trinajstić information content (AvgIpc) is 2.85. The number of benzene rings is 1. The number of aliphatic hydroxyl groups is 1. The maximum absolute atomic E-state index is 11.6. The van der Waals surface area contributed by atoms with Crippen LogP contribution in [0.4, 0.5) is 0 Å². The lowest BCUT2D eigenvalue weighted by molar-refractivity contribution is -0.309. The number of hydrogen-bond acceptors (Lipinski definition) is 4. The Bertz CT molecular complexity index is 620. The molecule has 1 atom stereocenters. The molecule has 1 aromatic heterocycles. The summed E-state index contributed by atoms with van der Waals surface area (Å²) in [7, 11) is 0. The standard InChI is InChI=1S/C14H16N2O4/c17-8-12(14(19)20)16-13(18)6-5-9-7-15-11-4-2-1-3-10(9)11/h1-4,7,12,15,17H,5-6,8H2,(H,16,18)(H,19,20)/p-1/t12-/m0/s1. The first-order valence-corrected chi connectivity index (χ1v) is 6.28. The first-order chi connectivity index (χ1) is 9.61. The summed E-state index contributed by atoms with van der Waals surface area (Å²) in [4.78, 5) is 25.3. The zero-order valence-electron chi connectivity index (χ0n) is 10.8. The lowest BCUT2D eigenvalue weighted by Gasteiger charge is -2.16. The molecule has 1 amide bonds. The Balaban J connectivity index is 1.95. The van der Waals surface area contributed by atoms with Crippen LogP contribution in [0.5, 0.6) is 0 Å². The van der Waals surface area contributed by atoms with E-state index in [4.69, 9.17) is 5.11 Å². The van der Waals surface area contributed by atoms with Crippen LogP contribution in [0.2, 0.25) is 0 Å². The summed E-state index contributed by atoms with van der Waals surface area (Å²) in [5.74, 6) is -1.92. The van der Waals surface area contributed by atoms with E-state index in [1.807, 2.05) is 30.5 Å². The molecule has 3 N–H and O–H groups in total. The second-order valence-corrected chi connectivity index (χ2v) is 4.48. The van der Waals surface area contributed by atoms with E-state index < -0.39 is 24.5 Å². The number of amides is 1. The number of carboxylic acids is 1. The molecule has 0 aliphatic carbocycles. The summed E-state index contributed by atoms with van der Waals surface area (Å²) in [6.07, 6.45) is 2.47. The molecule has 0 radical (unpaired) electrons. The number of hydrogen-bond donors (Lipinski definition) is 3. The lowest BCUT2D eigenvalue weighted by atomic mass is 10.1. The molecule has 1 heterocycles. The number of H-pyrrole nitrogens is 1. The van der Waals surface area contributed by atoms with E-state index in [0.29, 0.717) is 6.42 Å². The molecule has 2 rings (SSSR count). The molecule has 20 heavy (non-hydrogen) atoms. The Morgan fingerprint density at radius 2 is 2.10 bits per heavy atom. The highest BCUT2D eigenvalue weighted by atomic mass is 16.4. The van der Waals surface area contributed by atoms with Crippen LogP contribution in [0.1, 0.15) is 12.0 Å². The van der Waals surface area contributed by atoms with Crippen molar-refractivity contribution in [2.45, 2.75) is 18.9 Å². The van der Waals surface area contributed by atoms with Gasteiger partial charge in [0.1, 0.15) is 0 Å². The predicted molar refractivity (Wildman–Crippen MR) is 70.6 cm³/mol. The van der Waals surface area contributed by atoms with Gasteiger partial charge in [0.05, 0.1) is 18.6 Å². The van der Waals surface area contributed by atoms with Crippen LogP contribution < -0.4 is 10.4 Å². The maximum atomic E-state index is 11.6. The summed E-state index contributed by atoms with van der Waals surface area (Å²) < 4.78 is 0. The number of nitrogens with one attached hydrogen (secondary N) is 2. The van der Waals surface area contributed by atoms with Crippen molar-refractivity contribution in [2.24, 2.45) is 0 Å². The van der Waals surface area contributed by atoms with Crippen LogP contribution in [0.25, 0.3) is 10.9 Å². The summed E-state index contributed by atoms with van der Waals surface area (Å²) in [6.45, 7) is -0.679. The first kappa shape index (κ1) is 14.1. The fourth-order valence-electron chi connectivity index (χ4n) is 2.03. The Morgan fingerprint density at radius 1 is 1.35 bits per heavy atom. The molecular formula is C14H15N2O4-. The van der Waals surface area contributed by atoms with Crippen LogP contribution >= 0.6 is 0 Å².